The lowest BCUT2D eigenvalue weighted by Gasteiger charge is -2.19. The van der Waals surface area contributed by atoms with Gasteiger partial charge >= 0.3 is 5.92 Å². The molecule has 0 fully saturated rings. The Morgan fingerprint density at radius 1 is 1.43 bits per heavy atom. The Balaban J connectivity index is 2.46. The third-order valence-corrected chi connectivity index (χ3v) is 2.59. The molecule has 0 radical (unpaired) electrons. The molecule has 1 atom stereocenters. The number of hydrogen-bond donors (Lipinski definition) is 0. The molecule has 1 aliphatic rings. The maximum absolute atomic E-state index is 12.9. The smallest absolute Gasteiger partial charge is 0.192 e. The van der Waals surface area contributed by atoms with E-state index in [1.54, 1.807) is 0 Å². The van der Waals surface area contributed by atoms with Crippen molar-refractivity contribution in [1.29, 1.82) is 0 Å². The minimum Gasteiger partial charge on any atom is -0.192 e. The Labute approximate surface area is 84.4 Å². The molecule has 78 valence electrons. The van der Waals surface area contributed by atoms with Crippen LogP contribution < -0.4 is 0 Å². The Kier molecular flexibility index (Phi) is 4.13. The monoisotopic (exact) mass is 198 g/mol. The van der Waals surface area contributed by atoms with Gasteiger partial charge in [-0.05, 0) is 37.5 Å². The molecule has 0 aromatic carbocycles. The van der Waals surface area contributed by atoms with Crippen LogP contribution >= 0.6 is 0 Å². The summed E-state index contributed by atoms with van der Waals surface area (Å²) >= 11 is 0. The molecule has 1 unspecified atom stereocenters. The summed E-state index contributed by atoms with van der Waals surface area (Å²) in [5, 5.41) is 0. The maximum Gasteiger partial charge on any atom is 0.308 e. The van der Waals surface area contributed by atoms with Gasteiger partial charge in [-0.2, -0.15) is 8.78 Å². The van der Waals surface area contributed by atoms with E-state index < -0.39 is 5.92 Å². The first-order valence-electron chi connectivity index (χ1n) is 5.13. The van der Waals surface area contributed by atoms with Crippen LogP contribution in [0.15, 0.2) is 12.7 Å². The summed E-state index contributed by atoms with van der Waals surface area (Å²) in [4.78, 5) is 0. The predicted octanol–water partition coefficient (Wildman–Crippen LogP) is 3.78. The topological polar surface area (TPSA) is 0 Å². The van der Waals surface area contributed by atoms with Crippen molar-refractivity contribution in [2.75, 3.05) is 0 Å². The second-order valence-electron chi connectivity index (χ2n) is 3.82. The SMILES string of the molecule is C=CCCC1CCC#CC(F)(F)CC1. The fourth-order valence-electron chi connectivity index (χ4n) is 1.70. The largest absolute Gasteiger partial charge is 0.308 e. The van der Waals surface area contributed by atoms with E-state index >= 15 is 0 Å². The van der Waals surface area contributed by atoms with Crippen molar-refractivity contribution in [2.24, 2.45) is 5.92 Å². The lowest BCUT2D eigenvalue weighted by atomic mass is 9.90. The molecule has 0 nitrogen and oxygen atoms in total. The molecule has 14 heavy (non-hydrogen) atoms. The number of alkyl halides is 2. The van der Waals surface area contributed by atoms with Gasteiger partial charge in [-0.3, -0.25) is 0 Å². The zero-order valence-electron chi connectivity index (χ0n) is 8.36. The molecule has 0 saturated carbocycles. The Morgan fingerprint density at radius 2 is 2.21 bits per heavy atom. The lowest BCUT2D eigenvalue weighted by Crippen LogP contribution is -2.17. The molecule has 0 N–H and O–H groups in total. The summed E-state index contributed by atoms with van der Waals surface area (Å²) in [6.45, 7) is 3.64. The average Bonchev–Trinajstić information content (AvgIpc) is 2.12. The summed E-state index contributed by atoms with van der Waals surface area (Å²) in [5.74, 6) is 2.23. The number of halogens is 2. The molecule has 0 aliphatic heterocycles. The third-order valence-electron chi connectivity index (χ3n) is 2.59. The van der Waals surface area contributed by atoms with Crippen molar-refractivity contribution in [3.05, 3.63) is 12.7 Å². The first-order valence-corrected chi connectivity index (χ1v) is 5.13. The van der Waals surface area contributed by atoms with Crippen molar-refractivity contribution in [3.63, 3.8) is 0 Å². The molecular formula is C12H16F2. The Hall–Kier alpha value is -0.840. The molecule has 0 saturated heterocycles. The van der Waals surface area contributed by atoms with Gasteiger partial charge in [-0.15, -0.1) is 6.58 Å². The van der Waals surface area contributed by atoms with Crippen molar-refractivity contribution in [3.8, 4) is 11.8 Å². The highest BCUT2D eigenvalue weighted by Crippen LogP contribution is 2.28. The summed E-state index contributed by atoms with van der Waals surface area (Å²) in [6.07, 6.45) is 5.82. The van der Waals surface area contributed by atoms with E-state index in [-0.39, 0.29) is 6.42 Å². The van der Waals surface area contributed by atoms with E-state index in [2.05, 4.69) is 12.5 Å². The predicted molar refractivity (Wildman–Crippen MR) is 54.1 cm³/mol. The normalized spacial score (nSPS) is 25.4. The van der Waals surface area contributed by atoms with Gasteiger partial charge < -0.3 is 0 Å². The van der Waals surface area contributed by atoms with Crippen LogP contribution in [0.3, 0.4) is 0 Å². The Morgan fingerprint density at radius 3 is 2.93 bits per heavy atom. The summed E-state index contributed by atoms with van der Waals surface area (Å²) < 4.78 is 25.9. The van der Waals surface area contributed by atoms with E-state index in [0.717, 1.165) is 19.3 Å². The van der Waals surface area contributed by atoms with Gasteiger partial charge in [0, 0.05) is 12.8 Å². The number of hydrogen-bond acceptors (Lipinski definition) is 0. The van der Waals surface area contributed by atoms with E-state index in [4.69, 9.17) is 0 Å². The van der Waals surface area contributed by atoms with E-state index in [1.807, 2.05) is 12.0 Å². The van der Waals surface area contributed by atoms with Crippen LogP contribution in [-0.4, -0.2) is 5.92 Å². The molecule has 0 bridgehead atoms. The van der Waals surface area contributed by atoms with Gasteiger partial charge in [-0.1, -0.05) is 12.0 Å². The zero-order chi connectivity index (χ0) is 10.4. The molecule has 0 heterocycles. The maximum atomic E-state index is 12.9. The minimum atomic E-state index is -2.76. The fraction of sp³-hybridized carbons (Fsp3) is 0.667. The molecule has 2 heteroatoms. The summed E-state index contributed by atoms with van der Waals surface area (Å²) in [7, 11) is 0. The van der Waals surface area contributed by atoms with Gasteiger partial charge in [0.1, 0.15) is 0 Å². The highest BCUT2D eigenvalue weighted by atomic mass is 19.3. The molecular weight excluding hydrogens is 182 g/mol. The second kappa shape index (κ2) is 5.14. The molecule has 0 amide bonds. The third kappa shape index (κ3) is 3.91. The summed E-state index contributed by atoms with van der Waals surface area (Å²) in [6, 6.07) is 0. The van der Waals surface area contributed by atoms with Crippen molar-refractivity contribution >= 4 is 0 Å². The highest BCUT2D eigenvalue weighted by Gasteiger charge is 2.27. The Bertz CT molecular complexity index is 245. The van der Waals surface area contributed by atoms with Crippen molar-refractivity contribution < 1.29 is 8.78 Å². The minimum absolute atomic E-state index is 0.0815. The van der Waals surface area contributed by atoms with E-state index in [0.29, 0.717) is 18.8 Å². The molecule has 0 aromatic rings. The number of rotatable bonds is 3. The van der Waals surface area contributed by atoms with Crippen LogP contribution in [0.4, 0.5) is 8.78 Å². The van der Waals surface area contributed by atoms with Gasteiger partial charge in [0.15, 0.2) is 0 Å². The van der Waals surface area contributed by atoms with Crippen molar-refractivity contribution in [1.82, 2.24) is 0 Å². The van der Waals surface area contributed by atoms with E-state index in [1.165, 1.54) is 0 Å². The first-order chi connectivity index (χ1) is 6.64. The number of allylic oxidation sites excluding steroid dienone is 1. The molecule has 1 rings (SSSR count). The van der Waals surface area contributed by atoms with Crippen LogP contribution in [-0.2, 0) is 0 Å². The second-order valence-corrected chi connectivity index (χ2v) is 3.82. The van der Waals surface area contributed by atoms with Crippen LogP contribution in [0.5, 0.6) is 0 Å². The summed E-state index contributed by atoms with van der Waals surface area (Å²) in [5.41, 5.74) is 0. The average molecular weight is 198 g/mol. The van der Waals surface area contributed by atoms with E-state index in [9.17, 15) is 8.78 Å². The highest BCUT2D eigenvalue weighted by molar-refractivity contribution is 5.10. The lowest BCUT2D eigenvalue weighted by molar-refractivity contribution is 0.0470. The van der Waals surface area contributed by atoms with Gasteiger partial charge in [0.25, 0.3) is 0 Å². The van der Waals surface area contributed by atoms with Gasteiger partial charge in [0.05, 0.1) is 0 Å². The van der Waals surface area contributed by atoms with Crippen LogP contribution in [0.2, 0.25) is 0 Å². The van der Waals surface area contributed by atoms with Crippen molar-refractivity contribution in [2.45, 2.75) is 44.4 Å². The standard InChI is InChI=1S/C12H16F2/c1-2-3-6-11-7-4-5-9-12(13,14)10-8-11/h2,11H,1,3-4,6-8,10H2. The van der Waals surface area contributed by atoms with Crippen LogP contribution in [0, 0.1) is 17.8 Å². The van der Waals surface area contributed by atoms with Gasteiger partial charge in [-0.25, -0.2) is 0 Å². The zero-order valence-corrected chi connectivity index (χ0v) is 8.36. The fourth-order valence-corrected chi connectivity index (χ4v) is 1.70. The van der Waals surface area contributed by atoms with Crippen LogP contribution in [0.1, 0.15) is 38.5 Å². The van der Waals surface area contributed by atoms with Crippen LogP contribution in [0.25, 0.3) is 0 Å². The first kappa shape index (κ1) is 11.2. The molecule has 0 spiro atoms. The van der Waals surface area contributed by atoms with Gasteiger partial charge in [0.2, 0.25) is 0 Å². The quantitative estimate of drug-likeness (QED) is 0.478. The molecule has 1 aliphatic carbocycles. The molecule has 0 aromatic heterocycles.